The zero-order valence-corrected chi connectivity index (χ0v) is 8.63. The molecule has 0 N–H and O–H groups in total. The van der Waals surface area contributed by atoms with Gasteiger partial charge >= 0.3 is 0 Å². The van der Waals surface area contributed by atoms with Crippen LogP contribution >= 0.6 is 11.6 Å². The molecule has 0 bridgehead atoms. The van der Waals surface area contributed by atoms with Crippen molar-refractivity contribution in [1.82, 2.24) is 0 Å². The molecule has 0 fully saturated rings. The summed E-state index contributed by atoms with van der Waals surface area (Å²) in [4.78, 5) is 11.3. The lowest BCUT2D eigenvalue weighted by Gasteiger charge is -2.03. The number of alkyl halides is 1. The van der Waals surface area contributed by atoms with E-state index in [4.69, 9.17) is 20.8 Å². The Morgan fingerprint density at radius 2 is 2.43 bits per heavy atom. The van der Waals surface area contributed by atoms with E-state index in [0.717, 1.165) is 5.57 Å². The van der Waals surface area contributed by atoms with Crippen LogP contribution < -0.4 is 10.2 Å². The lowest BCUT2D eigenvalue weighted by atomic mass is 10.3. The van der Waals surface area contributed by atoms with Gasteiger partial charge in [-0.3, -0.25) is 4.79 Å². The summed E-state index contributed by atoms with van der Waals surface area (Å²) in [6.07, 6.45) is 1.27. The third kappa shape index (κ3) is 2.92. The summed E-state index contributed by atoms with van der Waals surface area (Å²) < 4.78 is 10.2. The van der Waals surface area contributed by atoms with Gasteiger partial charge in [0.05, 0.1) is 5.88 Å². The molecule has 0 aliphatic carbocycles. The third-order valence-corrected chi connectivity index (χ3v) is 1.72. The molecule has 4 heteroatoms. The van der Waals surface area contributed by atoms with Crippen LogP contribution in [0.1, 0.15) is 12.7 Å². The van der Waals surface area contributed by atoms with Crippen LogP contribution in [-0.2, 0) is 5.88 Å². The summed E-state index contributed by atoms with van der Waals surface area (Å²) in [5.41, 5.74) is 0.610. The number of rotatable bonds is 4. The second-order valence-electron chi connectivity index (χ2n) is 2.95. The zero-order valence-electron chi connectivity index (χ0n) is 7.88. The quantitative estimate of drug-likeness (QED) is 0.571. The van der Waals surface area contributed by atoms with Crippen molar-refractivity contribution in [3.05, 3.63) is 40.5 Å². The monoisotopic (exact) mass is 214 g/mol. The predicted molar refractivity (Wildman–Crippen MR) is 54.8 cm³/mol. The van der Waals surface area contributed by atoms with Crippen LogP contribution in [-0.4, -0.2) is 6.61 Å². The SMILES string of the molecule is C=C(C)COc1coc(CCl)cc1=O. The molecule has 1 aromatic heterocycles. The fourth-order valence-corrected chi connectivity index (χ4v) is 0.955. The molecular formula is C10H11ClO3. The standard InChI is InChI=1S/C10H11ClO3/c1-7(2)5-14-10-6-13-8(4-11)3-9(10)12/h3,6H,1,4-5H2,2H3. The molecule has 3 nitrogen and oxygen atoms in total. The van der Waals surface area contributed by atoms with E-state index in [1.54, 1.807) is 0 Å². The Morgan fingerprint density at radius 1 is 1.71 bits per heavy atom. The molecule has 0 aliphatic heterocycles. The van der Waals surface area contributed by atoms with Crippen molar-refractivity contribution in [1.29, 1.82) is 0 Å². The maximum absolute atomic E-state index is 11.3. The van der Waals surface area contributed by atoms with E-state index in [1.807, 2.05) is 6.92 Å². The first kappa shape index (κ1) is 10.9. The fraction of sp³-hybridized carbons (Fsp3) is 0.300. The Labute approximate surface area is 86.9 Å². The summed E-state index contributed by atoms with van der Waals surface area (Å²) in [5.74, 6) is 0.789. The number of ether oxygens (including phenoxy) is 1. The molecule has 0 aliphatic rings. The molecule has 0 aromatic carbocycles. The molecular weight excluding hydrogens is 204 g/mol. The van der Waals surface area contributed by atoms with Gasteiger partial charge in [-0.15, -0.1) is 11.6 Å². The Morgan fingerprint density at radius 3 is 2.93 bits per heavy atom. The first-order valence-corrected chi connectivity index (χ1v) is 4.62. The van der Waals surface area contributed by atoms with Crippen molar-refractivity contribution in [2.24, 2.45) is 0 Å². The molecule has 1 heterocycles. The molecule has 1 rings (SSSR count). The molecule has 0 atom stereocenters. The normalized spacial score (nSPS) is 9.86. The Kier molecular flexibility index (Phi) is 3.77. The highest BCUT2D eigenvalue weighted by molar-refractivity contribution is 6.16. The third-order valence-electron chi connectivity index (χ3n) is 1.46. The van der Waals surface area contributed by atoms with Crippen LogP contribution in [0.4, 0.5) is 0 Å². The highest BCUT2D eigenvalue weighted by atomic mass is 35.5. The van der Waals surface area contributed by atoms with E-state index in [0.29, 0.717) is 12.4 Å². The van der Waals surface area contributed by atoms with Crippen LogP contribution in [0.3, 0.4) is 0 Å². The van der Waals surface area contributed by atoms with Gasteiger partial charge in [0.15, 0.2) is 0 Å². The van der Waals surface area contributed by atoms with Crippen molar-refractivity contribution in [3.63, 3.8) is 0 Å². The summed E-state index contributed by atoms with van der Waals surface area (Å²) in [5, 5.41) is 0. The van der Waals surface area contributed by atoms with Crippen LogP contribution in [0.5, 0.6) is 5.75 Å². The topological polar surface area (TPSA) is 39.4 Å². The summed E-state index contributed by atoms with van der Waals surface area (Å²) in [7, 11) is 0. The Balaban J connectivity index is 2.79. The summed E-state index contributed by atoms with van der Waals surface area (Å²) in [6, 6.07) is 1.32. The molecule has 0 unspecified atom stereocenters. The molecule has 76 valence electrons. The first-order valence-electron chi connectivity index (χ1n) is 4.08. The average molecular weight is 215 g/mol. The van der Waals surface area contributed by atoms with Gasteiger partial charge < -0.3 is 9.15 Å². The first-order chi connectivity index (χ1) is 6.63. The van der Waals surface area contributed by atoms with Crippen LogP contribution in [0.25, 0.3) is 0 Å². The molecule has 0 amide bonds. The van der Waals surface area contributed by atoms with E-state index < -0.39 is 0 Å². The number of hydrogen-bond acceptors (Lipinski definition) is 3. The van der Waals surface area contributed by atoms with Crippen molar-refractivity contribution >= 4 is 11.6 Å². The molecule has 0 saturated carbocycles. The maximum Gasteiger partial charge on any atom is 0.227 e. The van der Waals surface area contributed by atoms with Gasteiger partial charge in [0.25, 0.3) is 0 Å². The second kappa shape index (κ2) is 4.86. The average Bonchev–Trinajstić information content (AvgIpc) is 2.15. The molecule has 0 radical (unpaired) electrons. The van der Waals surface area contributed by atoms with Crippen molar-refractivity contribution in [2.45, 2.75) is 12.8 Å². The van der Waals surface area contributed by atoms with Crippen molar-refractivity contribution in [2.75, 3.05) is 6.61 Å². The minimum Gasteiger partial charge on any atom is -0.482 e. The van der Waals surface area contributed by atoms with Gasteiger partial charge in [-0.1, -0.05) is 6.58 Å². The lowest BCUT2D eigenvalue weighted by molar-refractivity contribution is 0.331. The largest absolute Gasteiger partial charge is 0.482 e. The lowest BCUT2D eigenvalue weighted by Crippen LogP contribution is -2.08. The molecule has 14 heavy (non-hydrogen) atoms. The van der Waals surface area contributed by atoms with Gasteiger partial charge in [0.1, 0.15) is 18.6 Å². The van der Waals surface area contributed by atoms with E-state index in [2.05, 4.69) is 6.58 Å². The van der Waals surface area contributed by atoms with Crippen LogP contribution in [0.15, 0.2) is 33.7 Å². The van der Waals surface area contributed by atoms with E-state index in [-0.39, 0.29) is 17.1 Å². The van der Waals surface area contributed by atoms with Gasteiger partial charge in [0.2, 0.25) is 11.2 Å². The van der Waals surface area contributed by atoms with E-state index >= 15 is 0 Å². The van der Waals surface area contributed by atoms with Crippen molar-refractivity contribution < 1.29 is 9.15 Å². The maximum atomic E-state index is 11.3. The van der Waals surface area contributed by atoms with Crippen LogP contribution in [0.2, 0.25) is 0 Å². The van der Waals surface area contributed by atoms with Gasteiger partial charge in [-0.05, 0) is 12.5 Å². The summed E-state index contributed by atoms with van der Waals surface area (Å²) in [6.45, 7) is 5.78. The number of halogens is 1. The highest BCUT2D eigenvalue weighted by Crippen LogP contribution is 2.08. The molecule has 1 aromatic rings. The van der Waals surface area contributed by atoms with E-state index in [1.165, 1.54) is 12.3 Å². The number of hydrogen-bond donors (Lipinski definition) is 0. The highest BCUT2D eigenvalue weighted by Gasteiger charge is 2.03. The molecule has 0 saturated heterocycles. The Bertz CT molecular complexity index is 381. The fourth-order valence-electron chi connectivity index (χ4n) is 0.815. The van der Waals surface area contributed by atoms with Gasteiger partial charge in [-0.2, -0.15) is 0 Å². The molecule has 0 spiro atoms. The summed E-state index contributed by atoms with van der Waals surface area (Å²) >= 11 is 5.49. The minimum atomic E-state index is -0.229. The Hall–Kier alpha value is -1.22. The van der Waals surface area contributed by atoms with Gasteiger partial charge in [-0.25, -0.2) is 0 Å². The zero-order chi connectivity index (χ0) is 10.6. The smallest absolute Gasteiger partial charge is 0.227 e. The van der Waals surface area contributed by atoms with Crippen LogP contribution in [0, 0.1) is 0 Å². The second-order valence-corrected chi connectivity index (χ2v) is 3.22. The van der Waals surface area contributed by atoms with E-state index in [9.17, 15) is 4.79 Å². The predicted octanol–water partition coefficient (Wildman–Crippen LogP) is 2.33. The minimum absolute atomic E-state index is 0.177. The van der Waals surface area contributed by atoms with Gasteiger partial charge in [0, 0.05) is 6.07 Å². The van der Waals surface area contributed by atoms with Crippen molar-refractivity contribution in [3.8, 4) is 5.75 Å².